The molecule has 68 valence electrons. The quantitative estimate of drug-likeness (QED) is 0.598. The van der Waals surface area contributed by atoms with Gasteiger partial charge < -0.3 is 5.73 Å². The molecular weight excluding hydrogens is 150 g/mol. The zero-order valence-electron chi connectivity index (χ0n) is 8.27. The Morgan fingerprint density at radius 1 is 1.33 bits per heavy atom. The fourth-order valence-corrected chi connectivity index (χ4v) is 2.15. The van der Waals surface area contributed by atoms with Crippen LogP contribution in [0.5, 0.6) is 0 Å². The van der Waals surface area contributed by atoms with Gasteiger partial charge >= 0.3 is 0 Å². The first-order chi connectivity index (χ1) is 5.25. The molecule has 0 bridgehead atoms. The summed E-state index contributed by atoms with van der Waals surface area (Å²) in [4.78, 5) is 11.5. The van der Waals surface area contributed by atoms with E-state index in [0.717, 1.165) is 6.42 Å². The van der Waals surface area contributed by atoms with E-state index in [1.54, 1.807) is 0 Å². The Hall–Kier alpha value is -0.790. The number of hydrogen-bond donors (Lipinski definition) is 1. The lowest BCUT2D eigenvalue weighted by Crippen LogP contribution is -2.38. The SMILES string of the molecule is CC1(C)C=C(N)C(=O)C(C)(C)C1. The fourth-order valence-electron chi connectivity index (χ4n) is 2.15. The second-order valence-corrected chi connectivity index (χ2v) is 4.98. The van der Waals surface area contributed by atoms with Gasteiger partial charge in [-0.3, -0.25) is 4.79 Å². The Morgan fingerprint density at radius 3 is 2.25 bits per heavy atom. The van der Waals surface area contributed by atoms with E-state index in [2.05, 4.69) is 13.8 Å². The lowest BCUT2D eigenvalue weighted by atomic mass is 9.67. The Kier molecular flexibility index (Phi) is 1.82. The molecule has 2 nitrogen and oxygen atoms in total. The second-order valence-electron chi connectivity index (χ2n) is 4.98. The highest BCUT2D eigenvalue weighted by Gasteiger charge is 2.39. The van der Waals surface area contributed by atoms with E-state index < -0.39 is 0 Å². The van der Waals surface area contributed by atoms with E-state index in [1.165, 1.54) is 0 Å². The monoisotopic (exact) mass is 167 g/mol. The smallest absolute Gasteiger partial charge is 0.183 e. The summed E-state index contributed by atoms with van der Waals surface area (Å²) in [6.07, 6.45) is 2.75. The van der Waals surface area contributed by atoms with Gasteiger partial charge in [0.05, 0.1) is 5.70 Å². The highest BCUT2D eigenvalue weighted by atomic mass is 16.1. The van der Waals surface area contributed by atoms with Crippen LogP contribution in [0.1, 0.15) is 34.1 Å². The standard InChI is InChI=1S/C10H17NO/c1-9(2)5-7(11)8(12)10(3,4)6-9/h5H,6,11H2,1-4H3. The van der Waals surface area contributed by atoms with Crippen molar-refractivity contribution in [1.29, 1.82) is 0 Å². The van der Waals surface area contributed by atoms with Gasteiger partial charge in [0.25, 0.3) is 0 Å². The molecule has 12 heavy (non-hydrogen) atoms. The van der Waals surface area contributed by atoms with Gasteiger partial charge in [0, 0.05) is 5.41 Å². The predicted molar refractivity (Wildman–Crippen MR) is 49.5 cm³/mol. The first-order valence-corrected chi connectivity index (χ1v) is 4.28. The number of Topliss-reactive ketones (excluding diaryl/α,β-unsaturated/α-hetero) is 1. The normalized spacial score (nSPS) is 26.7. The van der Waals surface area contributed by atoms with Crippen molar-refractivity contribution in [3.05, 3.63) is 11.8 Å². The number of rotatable bonds is 0. The first-order valence-electron chi connectivity index (χ1n) is 4.28. The van der Waals surface area contributed by atoms with Crippen molar-refractivity contribution in [3.63, 3.8) is 0 Å². The van der Waals surface area contributed by atoms with Crippen LogP contribution in [0.2, 0.25) is 0 Å². The third-order valence-corrected chi connectivity index (χ3v) is 2.32. The average molecular weight is 167 g/mol. The Balaban J connectivity index is 3.09. The summed E-state index contributed by atoms with van der Waals surface area (Å²) in [7, 11) is 0. The van der Waals surface area contributed by atoms with Crippen LogP contribution in [-0.2, 0) is 4.79 Å². The maximum atomic E-state index is 11.5. The molecular formula is C10H17NO. The summed E-state index contributed by atoms with van der Waals surface area (Å²) in [5, 5.41) is 0. The summed E-state index contributed by atoms with van der Waals surface area (Å²) in [6.45, 7) is 8.12. The molecule has 0 spiro atoms. The average Bonchev–Trinajstić information content (AvgIpc) is 1.79. The molecule has 0 atom stereocenters. The first kappa shape index (κ1) is 9.30. The zero-order valence-corrected chi connectivity index (χ0v) is 8.27. The highest BCUT2D eigenvalue weighted by molar-refractivity contribution is 5.99. The van der Waals surface area contributed by atoms with Gasteiger partial charge in [-0.1, -0.05) is 33.8 Å². The number of ketones is 1. The second kappa shape index (κ2) is 2.35. The summed E-state index contributed by atoms with van der Waals surface area (Å²) in [6, 6.07) is 0. The van der Waals surface area contributed by atoms with Crippen LogP contribution in [0, 0.1) is 10.8 Å². The molecule has 0 aromatic carbocycles. The van der Waals surface area contributed by atoms with Crippen molar-refractivity contribution >= 4 is 5.78 Å². The van der Waals surface area contributed by atoms with Gasteiger partial charge in [0.15, 0.2) is 5.78 Å². The van der Waals surface area contributed by atoms with Gasteiger partial charge in [-0.05, 0) is 11.8 Å². The predicted octanol–water partition coefficient (Wildman–Crippen LogP) is 1.85. The van der Waals surface area contributed by atoms with Gasteiger partial charge in [-0.25, -0.2) is 0 Å². The molecule has 0 aliphatic heterocycles. The highest BCUT2D eigenvalue weighted by Crippen LogP contribution is 2.40. The number of carbonyl (C=O) groups excluding carboxylic acids is 1. The van der Waals surface area contributed by atoms with Gasteiger partial charge in [0.2, 0.25) is 0 Å². The van der Waals surface area contributed by atoms with E-state index in [-0.39, 0.29) is 16.6 Å². The number of carbonyl (C=O) groups is 1. The van der Waals surface area contributed by atoms with Crippen LogP contribution in [0.25, 0.3) is 0 Å². The van der Waals surface area contributed by atoms with Crippen LogP contribution in [0.4, 0.5) is 0 Å². The maximum Gasteiger partial charge on any atom is 0.183 e. The minimum atomic E-state index is -0.289. The number of allylic oxidation sites excluding steroid dienone is 2. The van der Waals surface area contributed by atoms with E-state index in [1.807, 2.05) is 19.9 Å². The largest absolute Gasteiger partial charge is 0.396 e. The number of nitrogens with two attached hydrogens (primary N) is 1. The minimum Gasteiger partial charge on any atom is -0.396 e. The molecule has 0 fully saturated rings. The third kappa shape index (κ3) is 1.52. The molecule has 0 unspecified atom stereocenters. The lowest BCUT2D eigenvalue weighted by Gasteiger charge is -2.36. The molecule has 2 N–H and O–H groups in total. The van der Waals surface area contributed by atoms with E-state index in [9.17, 15) is 4.79 Å². The van der Waals surface area contributed by atoms with E-state index >= 15 is 0 Å². The van der Waals surface area contributed by atoms with Crippen molar-refractivity contribution in [3.8, 4) is 0 Å². The van der Waals surface area contributed by atoms with Crippen LogP contribution in [0.15, 0.2) is 11.8 Å². The molecule has 0 aromatic heterocycles. The van der Waals surface area contributed by atoms with Crippen molar-refractivity contribution < 1.29 is 4.79 Å². The van der Waals surface area contributed by atoms with Crippen molar-refractivity contribution in [2.45, 2.75) is 34.1 Å². The fraction of sp³-hybridized carbons (Fsp3) is 0.700. The van der Waals surface area contributed by atoms with Crippen molar-refractivity contribution in [1.82, 2.24) is 0 Å². The van der Waals surface area contributed by atoms with Crippen LogP contribution < -0.4 is 5.73 Å². The van der Waals surface area contributed by atoms with Crippen LogP contribution >= 0.6 is 0 Å². The number of hydrogen-bond acceptors (Lipinski definition) is 2. The molecule has 0 aromatic rings. The topological polar surface area (TPSA) is 43.1 Å². The van der Waals surface area contributed by atoms with Crippen LogP contribution in [-0.4, -0.2) is 5.78 Å². The van der Waals surface area contributed by atoms with Gasteiger partial charge in [0.1, 0.15) is 0 Å². The lowest BCUT2D eigenvalue weighted by molar-refractivity contribution is -0.125. The Bertz CT molecular complexity index is 249. The molecule has 2 heteroatoms. The van der Waals surface area contributed by atoms with E-state index in [0.29, 0.717) is 5.70 Å². The van der Waals surface area contributed by atoms with Gasteiger partial charge in [-0.15, -0.1) is 0 Å². The summed E-state index contributed by atoms with van der Waals surface area (Å²) in [5.74, 6) is 0.0850. The summed E-state index contributed by atoms with van der Waals surface area (Å²) in [5.41, 5.74) is 5.84. The molecule has 0 amide bonds. The van der Waals surface area contributed by atoms with Crippen molar-refractivity contribution in [2.75, 3.05) is 0 Å². The van der Waals surface area contributed by atoms with Crippen molar-refractivity contribution in [2.24, 2.45) is 16.6 Å². The Morgan fingerprint density at radius 2 is 1.83 bits per heavy atom. The van der Waals surface area contributed by atoms with Gasteiger partial charge in [-0.2, -0.15) is 0 Å². The molecule has 0 saturated heterocycles. The summed E-state index contributed by atoms with van der Waals surface area (Å²) >= 11 is 0. The van der Waals surface area contributed by atoms with E-state index in [4.69, 9.17) is 5.73 Å². The summed E-state index contributed by atoms with van der Waals surface area (Å²) < 4.78 is 0. The third-order valence-electron chi connectivity index (χ3n) is 2.32. The molecule has 1 aliphatic rings. The molecule has 0 saturated carbocycles. The molecule has 1 aliphatic carbocycles. The molecule has 0 radical (unpaired) electrons. The molecule has 1 rings (SSSR count). The molecule has 0 heterocycles. The maximum absolute atomic E-state index is 11.5. The Labute approximate surface area is 73.8 Å². The zero-order chi connectivity index (χ0) is 9.57. The minimum absolute atomic E-state index is 0.0570. The van der Waals surface area contributed by atoms with Crippen LogP contribution in [0.3, 0.4) is 0 Å².